The largest absolute Gasteiger partial charge is 0.493 e. The Bertz CT molecular complexity index is 658. The van der Waals surface area contributed by atoms with Crippen LogP contribution in [0.5, 0.6) is 11.5 Å². The van der Waals surface area contributed by atoms with Crippen molar-refractivity contribution in [1.29, 1.82) is 0 Å². The fraction of sp³-hybridized carbons (Fsp3) is 0.600. The Morgan fingerprint density at radius 2 is 2.04 bits per heavy atom. The number of ether oxygens (including phenoxy) is 2. The Labute approximate surface area is 155 Å². The normalized spacial score (nSPS) is 19.7. The van der Waals surface area contributed by atoms with Crippen LogP contribution < -0.4 is 9.47 Å². The molecule has 1 unspecified atom stereocenters. The van der Waals surface area contributed by atoms with Gasteiger partial charge in [0.2, 0.25) is 0 Å². The molecule has 1 heterocycles. The van der Waals surface area contributed by atoms with Crippen molar-refractivity contribution in [2.24, 2.45) is 11.3 Å². The van der Waals surface area contributed by atoms with Gasteiger partial charge in [-0.25, -0.2) is 0 Å². The molecule has 6 heteroatoms. The Morgan fingerprint density at radius 3 is 2.58 bits per heavy atom. The maximum atomic E-state index is 12.9. The predicted molar refractivity (Wildman–Crippen MR) is 98.8 cm³/mol. The minimum atomic E-state index is -0.872. The number of hydrogen-bond donors (Lipinski definition) is 1. The molecule has 26 heavy (non-hydrogen) atoms. The summed E-state index contributed by atoms with van der Waals surface area (Å²) in [6.45, 7) is 7.16. The molecule has 1 aromatic carbocycles. The summed E-state index contributed by atoms with van der Waals surface area (Å²) in [5.41, 5.74) is -0.391. The lowest BCUT2D eigenvalue weighted by Gasteiger charge is -2.28. The van der Waals surface area contributed by atoms with Gasteiger partial charge in [-0.15, -0.1) is 0 Å². The van der Waals surface area contributed by atoms with E-state index in [2.05, 4.69) is 6.92 Å². The van der Waals surface area contributed by atoms with Crippen molar-refractivity contribution in [3.8, 4) is 11.5 Å². The van der Waals surface area contributed by atoms with Gasteiger partial charge >= 0.3 is 5.97 Å². The quantitative estimate of drug-likeness (QED) is 0.716. The number of nitrogens with zero attached hydrogens (tertiary/aromatic N) is 1. The highest BCUT2D eigenvalue weighted by molar-refractivity contribution is 5.95. The number of carbonyl (C=O) groups excluding carboxylic acids is 1. The van der Waals surface area contributed by atoms with Crippen molar-refractivity contribution in [3.63, 3.8) is 0 Å². The number of rotatable bonds is 8. The van der Waals surface area contributed by atoms with Gasteiger partial charge in [0.15, 0.2) is 11.5 Å². The fourth-order valence-corrected chi connectivity index (χ4v) is 3.33. The van der Waals surface area contributed by atoms with Crippen LogP contribution in [0.1, 0.15) is 50.4 Å². The van der Waals surface area contributed by atoms with Crippen molar-refractivity contribution in [2.75, 3.05) is 26.8 Å². The van der Waals surface area contributed by atoms with Gasteiger partial charge in [0.05, 0.1) is 19.1 Å². The number of carboxylic acid groups (broad SMARTS) is 1. The maximum absolute atomic E-state index is 12.9. The van der Waals surface area contributed by atoms with E-state index in [0.29, 0.717) is 36.6 Å². The molecule has 0 radical (unpaired) electrons. The minimum absolute atomic E-state index is 0.0401. The lowest BCUT2D eigenvalue weighted by atomic mass is 9.76. The topological polar surface area (TPSA) is 76.1 Å². The van der Waals surface area contributed by atoms with Crippen molar-refractivity contribution in [3.05, 3.63) is 23.8 Å². The molecule has 0 saturated carbocycles. The van der Waals surface area contributed by atoms with Crippen molar-refractivity contribution >= 4 is 11.9 Å². The van der Waals surface area contributed by atoms with Gasteiger partial charge in [-0.1, -0.05) is 27.2 Å². The van der Waals surface area contributed by atoms with Crippen LogP contribution >= 0.6 is 0 Å². The molecule has 2 rings (SSSR count). The van der Waals surface area contributed by atoms with Crippen LogP contribution in [-0.4, -0.2) is 48.7 Å². The smallest absolute Gasteiger partial charge is 0.311 e. The Hall–Kier alpha value is -2.24. The molecule has 0 aliphatic carbocycles. The molecule has 1 aliphatic heterocycles. The van der Waals surface area contributed by atoms with E-state index in [9.17, 15) is 14.7 Å². The van der Waals surface area contributed by atoms with Gasteiger partial charge in [0.25, 0.3) is 5.91 Å². The highest BCUT2D eigenvalue weighted by atomic mass is 16.5. The second-order valence-corrected chi connectivity index (χ2v) is 7.16. The summed E-state index contributed by atoms with van der Waals surface area (Å²) in [6, 6.07) is 5.12. The molecule has 1 aliphatic rings. The standard InChI is InChI=1S/C20H29NO5/c1-5-6-11-26-16-8-7-15(12-17(16)25-4)18(22)21-10-9-20(13-21,14(2)3)19(23)24/h7-8,12,14H,5-6,9-11,13H2,1-4H3,(H,23,24). The van der Waals surface area contributed by atoms with E-state index in [1.807, 2.05) is 13.8 Å². The van der Waals surface area contributed by atoms with E-state index in [1.54, 1.807) is 30.2 Å². The van der Waals surface area contributed by atoms with Crippen LogP contribution in [0.3, 0.4) is 0 Å². The monoisotopic (exact) mass is 363 g/mol. The molecule has 1 aromatic rings. The van der Waals surface area contributed by atoms with E-state index in [1.165, 1.54) is 0 Å². The maximum Gasteiger partial charge on any atom is 0.311 e. The molecule has 1 fully saturated rings. The zero-order chi connectivity index (χ0) is 19.3. The van der Waals surface area contributed by atoms with Crippen LogP contribution in [0.4, 0.5) is 0 Å². The SMILES string of the molecule is CCCCOc1ccc(C(=O)N2CCC(C(=O)O)(C(C)C)C2)cc1OC. The average molecular weight is 363 g/mol. The summed E-state index contributed by atoms with van der Waals surface area (Å²) in [7, 11) is 1.54. The van der Waals surface area contributed by atoms with Crippen LogP contribution in [-0.2, 0) is 4.79 Å². The number of unbranched alkanes of at least 4 members (excludes halogenated alkanes) is 1. The number of carbonyl (C=O) groups is 2. The zero-order valence-electron chi connectivity index (χ0n) is 16.1. The molecular formula is C20H29NO5. The van der Waals surface area contributed by atoms with Crippen molar-refractivity contribution in [2.45, 2.75) is 40.0 Å². The third kappa shape index (κ3) is 3.94. The predicted octanol–water partition coefficient (Wildman–Crippen LogP) is 3.45. The average Bonchev–Trinajstić information content (AvgIpc) is 3.08. The highest BCUT2D eigenvalue weighted by Gasteiger charge is 2.48. The molecule has 144 valence electrons. The third-order valence-electron chi connectivity index (χ3n) is 5.29. The molecular weight excluding hydrogens is 334 g/mol. The summed E-state index contributed by atoms with van der Waals surface area (Å²) in [5, 5.41) is 9.65. The van der Waals surface area contributed by atoms with E-state index < -0.39 is 11.4 Å². The van der Waals surface area contributed by atoms with Crippen LogP contribution in [0, 0.1) is 11.3 Å². The molecule has 6 nitrogen and oxygen atoms in total. The van der Waals surface area contributed by atoms with Gasteiger partial charge in [-0.2, -0.15) is 0 Å². The Morgan fingerprint density at radius 1 is 1.31 bits per heavy atom. The first kappa shape index (κ1) is 20.1. The molecule has 1 N–H and O–H groups in total. The van der Waals surface area contributed by atoms with Crippen LogP contribution in [0.15, 0.2) is 18.2 Å². The van der Waals surface area contributed by atoms with Gasteiger partial charge in [0.1, 0.15) is 0 Å². The van der Waals surface area contributed by atoms with Gasteiger partial charge in [-0.3, -0.25) is 9.59 Å². The zero-order valence-corrected chi connectivity index (χ0v) is 16.1. The highest BCUT2D eigenvalue weighted by Crippen LogP contribution is 2.39. The lowest BCUT2D eigenvalue weighted by Crippen LogP contribution is -2.40. The Kier molecular flexibility index (Phi) is 6.51. The summed E-state index contributed by atoms with van der Waals surface area (Å²) in [4.78, 5) is 26.2. The summed E-state index contributed by atoms with van der Waals surface area (Å²) >= 11 is 0. The van der Waals surface area contributed by atoms with E-state index in [0.717, 1.165) is 12.8 Å². The van der Waals surface area contributed by atoms with Gasteiger partial charge in [0, 0.05) is 18.7 Å². The number of likely N-dealkylation sites (tertiary alicyclic amines) is 1. The molecule has 0 spiro atoms. The number of aliphatic carboxylic acids is 1. The summed E-state index contributed by atoms with van der Waals surface area (Å²) in [5.74, 6) is 0.0782. The number of benzene rings is 1. The molecule has 1 atom stereocenters. The third-order valence-corrected chi connectivity index (χ3v) is 5.29. The number of amides is 1. The first-order valence-electron chi connectivity index (χ1n) is 9.19. The molecule has 0 aromatic heterocycles. The second-order valence-electron chi connectivity index (χ2n) is 7.16. The van der Waals surface area contributed by atoms with Crippen molar-refractivity contribution < 1.29 is 24.2 Å². The molecule has 1 amide bonds. The summed E-state index contributed by atoms with van der Waals surface area (Å²) < 4.78 is 11.1. The number of methoxy groups -OCH3 is 1. The van der Waals surface area contributed by atoms with E-state index >= 15 is 0 Å². The summed E-state index contributed by atoms with van der Waals surface area (Å²) in [6.07, 6.45) is 2.46. The van der Waals surface area contributed by atoms with Crippen LogP contribution in [0.2, 0.25) is 0 Å². The second kappa shape index (κ2) is 8.43. The minimum Gasteiger partial charge on any atom is -0.493 e. The molecule has 1 saturated heterocycles. The number of carboxylic acids is 1. The molecule has 0 bridgehead atoms. The Balaban J connectivity index is 2.16. The van der Waals surface area contributed by atoms with E-state index in [-0.39, 0.29) is 18.4 Å². The first-order chi connectivity index (χ1) is 12.4. The first-order valence-corrected chi connectivity index (χ1v) is 9.19. The lowest BCUT2D eigenvalue weighted by molar-refractivity contribution is -0.150. The van der Waals surface area contributed by atoms with Crippen LogP contribution in [0.25, 0.3) is 0 Å². The fourth-order valence-electron chi connectivity index (χ4n) is 3.33. The van der Waals surface area contributed by atoms with Gasteiger partial charge in [-0.05, 0) is 37.0 Å². The van der Waals surface area contributed by atoms with E-state index in [4.69, 9.17) is 9.47 Å². The number of hydrogen-bond acceptors (Lipinski definition) is 4. The van der Waals surface area contributed by atoms with Gasteiger partial charge < -0.3 is 19.5 Å². The van der Waals surface area contributed by atoms with Crippen molar-refractivity contribution in [1.82, 2.24) is 4.90 Å².